The van der Waals surface area contributed by atoms with Crippen molar-refractivity contribution in [2.24, 2.45) is 4.99 Å². The van der Waals surface area contributed by atoms with Crippen LogP contribution in [-0.2, 0) is 6.54 Å². The molecule has 0 fully saturated rings. The largest absolute Gasteiger partial charge is 0.492 e. The van der Waals surface area contributed by atoms with Crippen molar-refractivity contribution < 1.29 is 4.74 Å². The topological polar surface area (TPSA) is 54.7 Å². The molecule has 1 N–H and O–H groups in total. The van der Waals surface area contributed by atoms with Gasteiger partial charge in [0.05, 0.1) is 24.5 Å². The molecule has 0 aliphatic heterocycles. The van der Waals surface area contributed by atoms with E-state index in [9.17, 15) is 0 Å². The number of para-hydroxylation sites is 2. The molecule has 0 atom stereocenters. The Morgan fingerprint density at radius 3 is 2.43 bits per heavy atom. The number of nitrogens with zero attached hydrogens (tertiary/aromatic N) is 4. The van der Waals surface area contributed by atoms with Crippen LogP contribution in [0.3, 0.4) is 0 Å². The van der Waals surface area contributed by atoms with Gasteiger partial charge in [-0.25, -0.2) is 4.68 Å². The van der Waals surface area contributed by atoms with Crippen molar-refractivity contribution in [3.63, 3.8) is 0 Å². The fourth-order valence-corrected chi connectivity index (χ4v) is 2.66. The van der Waals surface area contributed by atoms with E-state index in [1.807, 2.05) is 89.6 Å². The number of nitrogens with one attached hydrogen (secondary N) is 1. The highest BCUT2D eigenvalue weighted by Crippen LogP contribution is 2.08. The Morgan fingerprint density at radius 1 is 1.07 bits per heavy atom. The summed E-state index contributed by atoms with van der Waals surface area (Å²) in [4.78, 5) is 6.37. The molecule has 0 saturated heterocycles. The van der Waals surface area contributed by atoms with Gasteiger partial charge in [0, 0.05) is 20.3 Å². The lowest BCUT2D eigenvalue weighted by molar-refractivity contribution is 0.281. The third-order valence-corrected chi connectivity index (χ3v) is 4.10. The number of benzene rings is 2. The van der Waals surface area contributed by atoms with E-state index in [1.165, 1.54) is 0 Å². The summed E-state index contributed by atoms with van der Waals surface area (Å²) in [5.74, 6) is 1.68. The maximum atomic E-state index is 5.75. The molecule has 148 valence electrons. The van der Waals surface area contributed by atoms with Crippen molar-refractivity contribution in [2.45, 2.75) is 6.54 Å². The molecule has 0 amide bonds. The minimum absolute atomic E-state index is 0. The molecule has 0 aliphatic rings. The minimum atomic E-state index is 0. The Bertz CT molecular complexity index is 852. The van der Waals surface area contributed by atoms with Crippen LogP contribution in [0, 0.1) is 0 Å². The van der Waals surface area contributed by atoms with Gasteiger partial charge in [-0.2, -0.15) is 5.10 Å². The first-order valence-corrected chi connectivity index (χ1v) is 8.96. The second kappa shape index (κ2) is 11.3. The van der Waals surface area contributed by atoms with Crippen LogP contribution >= 0.6 is 24.0 Å². The van der Waals surface area contributed by atoms with Gasteiger partial charge in [-0.1, -0.05) is 36.4 Å². The molecule has 0 saturated carbocycles. The summed E-state index contributed by atoms with van der Waals surface area (Å²) >= 11 is 0. The van der Waals surface area contributed by atoms with E-state index >= 15 is 0 Å². The van der Waals surface area contributed by atoms with Crippen LogP contribution in [-0.4, -0.2) is 47.9 Å². The first-order valence-electron chi connectivity index (χ1n) is 8.96. The van der Waals surface area contributed by atoms with Crippen LogP contribution in [0.5, 0.6) is 5.75 Å². The summed E-state index contributed by atoms with van der Waals surface area (Å²) in [5.41, 5.74) is 2.00. The Morgan fingerprint density at radius 2 is 1.75 bits per heavy atom. The van der Waals surface area contributed by atoms with Gasteiger partial charge >= 0.3 is 0 Å². The molecule has 0 radical (unpaired) electrons. The third kappa shape index (κ3) is 6.26. The normalized spacial score (nSPS) is 10.9. The van der Waals surface area contributed by atoms with Gasteiger partial charge in [0.2, 0.25) is 0 Å². The van der Waals surface area contributed by atoms with E-state index in [0.717, 1.165) is 29.6 Å². The summed E-state index contributed by atoms with van der Waals surface area (Å²) < 4.78 is 7.62. The Labute approximate surface area is 183 Å². The molecule has 3 rings (SSSR count). The highest BCUT2D eigenvalue weighted by molar-refractivity contribution is 14.0. The molecule has 1 aromatic heterocycles. The van der Waals surface area contributed by atoms with E-state index < -0.39 is 0 Å². The number of rotatable bonds is 7. The fraction of sp³-hybridized carbons (Fsp3) is 0.238. The number of hydrogen-bond donors (Lipinski definition) is 1. The van der Waals surface area contributed by atoms with E-state index in [4.69, 9.17) is 4.74 Å². The number of guanidine groups is 1. The first-order chi connectivity index (χ1) is 13.3. The van der Waals surface area contributed by atoms with Gasteiger partial charge in [0.15, 0.2) is 5.96 Å². The lowest BCUT2D eigenvalue weighted by atomic mass is 10.3. The number of hydrogen-bond acceptors (Lipinski definition) is 3. The van der Waals surface area contributed by atoms with Gasteiger partial charge < -0.3 is 15.0 Å². The zero-order valence-electron chi connectivity index (χ0n) is 16.2. The second-order valence-corrected chi connectivity index (χ2v) is 6.07. The van der Waals surface area contributed by atoms with Crippen molar-refractivity contribution in [1.29, 1.82) is 0 Å². The highest BCUT2D eigenvalue weighted by atomic mass is 127. The monoisotopic (exact) mass is 491 g/mol. The second-order valence-electron chi connectivity index (χ2n) is 6.07. The molecule has 0 aliphatic carbocycles. The lowest BCUT2D eigenvalue weighted by Gasteiger charge is -2.21. The highest BCUT2D eigenvalue weighted by Gasteiger charge is 2.07. The lowest BCUT2D eigenvalue weighted by Crippen LogP contribution is -2.40. The van der Waals surface area contributed by atoms with Crippen LogP contribution in [0.25, 0.3) is 5.69 Å². The van der Waals surface area contributed by atoms with Crippen molar-refractivity contribution in [3.05, 3.63) is 78.6 Å². The molecule has 0 spiro atoms. The van der Waals surface area contributed by atoms with Crippen molar-refractivity contribution >= 4 is 29.9 Å². The average molecular weight is 491 g/mol. The quantitative estimate of drug-likeness (QED) is 0.312. The average Bonchev–Trinajstić information content (AvgIpc) is 3.19. The summed E-state index contributed by atoms with van der Waals surface area (Å²) in [6.45, 7) is 1.92. The van der Waals surface area contributed by atoms with Gasteiger partial charge in [0.1, 0.15) is 12.4 Å². The number of ether oxygens (including phenoxy) is 1. The predicted octanol–water partition coefficient (Wildman–Crippen LogP) is 3.58. The number of aliphatic imine (C=N–C) groups is 1. The molecule has 1 heterocycles. The Balaban J connectivity index is 0.00000280. The van der Waals surface area contributed by atoms with Crippen LogP contribution in [0.4, 0.5) is 0 Å². The van der Waals surface area contributed by atoms with Crippen molar-refractivity contribution in [1.82, 2.24) is 20.0 Å². The molecular weight excluding hydrogens is 465 g/mol. The smallest absolute Gasteiger partial charge is 0.193 e. The van der Waals surface area contributed by atoms with Gasteiger partial charge in [-0.05, 0) is 30.3 Å². The number of aromatic nitrogens is 2. The maximum Gasteiger partial charge on any atom is 0.193 e. The summed E-state index contributed by atoms with van der Waals surface area (Å²) in [6, 6.07) is 21.9. The van der Waals surface area contributed by atoms with Gasteiger partial charge in [-0.3, -0.25) is 4.99 Å². The Hall–Kier alpha value is -2.55. The van der Waals surface area contributed by atoms with Crippen molar-refractivity contribution in [3.8, 4) is 11.4 Å². The zero-order chi connectivity index (χ0) is 18.9. The molecule has 0 bridgehead atoms. The minimum Gasteiger partial charge on any atom is -0.492 e. The summed E-state index contributed by atoms with van der Waals surface area (Å²) in [7, 11) is 3.77. The van der Waals surface area contributed by atoms with Crippen LogP contribution < -0.4 is 10.1 Å². The maximum absolute atomic E-state index is 5.75. The standard InChI is InChI=1S/C21H25N5O.HI/c1-22-21(25(2)15-16-27-20-11-7-4-8-12-20)23-17-18-13-14-26(24-18)19-9-5-3-6-10-19;/h3-14H,15-17H2,1-2H3,(H,22,23);1H. The SMILES string of the molecule is CN=C(NCc1ccn(-c2ccccc2)n1)N(C)CCOc1ccccc1.I. The molecule has 2 aromatic carbocycles. The first kappa shape index (κ1) is 21.7. The third-order valence-electron chi connectivity index (χ3n) is 4.10. The summed E-state index contributed by atoms with van der Waals surface area (Å²) in [6.07, 6.45) is 1.96. The van der Waals surface area contributed by atoms with Crippen LogP contribution in [0.15, 0.2) is 77.9 Å². The van der Waals surface area contributed by atoms with Gasteiger partial charge in [-0.15, -0.1) is 24.0 Å². The van der Waals surface area contributed by atoms with Gasteiger partial charge in [0.25, 0.3) is 0 Å². The summed E-state index contributed by atoms with van der Waals surface area (Å²) in [5, 5.41) is 7.95. The van der Waals surface area contributed by atoms with E-state index in [1.54, 1.807) is 7.05 Å². The Kier molecular flexibility index (Phi) is 8.80. The number of likely N-dealkylation sites (N-methyl/N-ethyl adjacent to an activating group) is 1. The molecule has 0 unspecified atom stereocenters. The molecule has 7 heteroatoms. The number of halogens is 1. The molecule has 6 nitrogen and oxygen atoms in total. The van der Waals surface area contributed by atoms with E-state index in [0.29, 0.717) is 13.2 Å². The predicted molar refractivity (Wildman–Crippen MR) is 124 cm³/mol. The van der Waals surface area contributed by atoms with E-state index in [-0.39, 0.29) is 24.0 Å². The van der Waals surface area contributed by atoms with Crippen LogP contribution in [0.2, 0.25) is 0 Å². The zero-order valence-corrected chi connectivity index (χ0v) is 18.5. The molecular formula is C21H26IN5O. The van der Waals surface area contributed by atoms with Crippen LogP contribution in [0.1, 0.15) is 5.69 Å². The molecule has 28 heavy (non-hydrogen) atoms. The van der Waals surface area contributed by atoms with Crippen molar-refractivity contribution in [2.75, 3.05) is 27.2 Å². The fourth-order valence-electron chi connectivity index (χ4n) is 2.66. The van der Waals surface area contributed by atoms with E-state index in [2.05, 4.69) is 15.4 Å². The molecule has 3 aromatic rings.